The van der Waals surface area contributed by atoms with Crippen molar-refractivity contribution in [3.05, 3.63) is 64.5 Å². The molecule has 1 aliphatic rings. The predicted molar refractivity (Wildman–Crippen MR) is 111 cm³/mol. The van der Waals surface area contributed by atoms with Crippen LogP contribution in [0.4, 0.5) is 31.1 Å². The van der Waals surface area contributed by atoms with Gasteiger partial charge in [0, 0.05) is 37.6 Å². The number of nitrogens with one attached hydrogen (secondary N) is 2. The first-order valence-electron chi connectivity index (χ1n) is 9.10. The Morgan fingerprint density at radius 1 is 1.10 bits per heavy atom. The van der Waals surface area contributed by atoms with Crippen molar-refractivity contribution in [2.75, 3.05) is 42.1 Å². The fourth-order valence-electron chi connectivity index (χ4n) is 3.18. The number of hydrogen-bond acceptors (Lipinski definition) is 7. The Morgan fingerprint density at radius 3 is 2.41 bits per heavy atom. The lowest BCUT2D eigenvalue weighted by molar-refractivity contribution is 0.103. The summed E-state index contributed by atoms with van der Waals surface area (Å²) in [4.78, 5) is 19.0. The normalized spacial score (nSPS) is 14.1. The molecule has 0 unspecified atom stereocenters. The molecule has 0 atom stereocenters. The van der Waals surface area contributed by atoms with Gasteiger partial charge in [-0.2, -0.15) is 0 Å². The first-order chi connectivity index (χ1) is 14.0. The van der Waals surface area contributed by atoms with E-state index in [1.807, 2.05) is 24.3 Å². The third-order valence-corrected chi connectivity index (χ3v) is 5.64. The van der Waals surface area contributed by atoms with E-state index in [0.29, 0.717) is 5.13 Å². The summed E-state index contributed by atoms with van der Waals surface area (Å²) in [6, 6.07) is 11.1. The number of carbonyl (C=O) groups is 1. The van der Waals surface area contributed by atoms with Crippen LogP contribution in [-0.2, 0) is 0 Å². The second-order valence-corrected chi connectivity index (χ2v) is 7.57. The topological polar surface area (TPSA) is 83.3 Å². The number of aromatic nitrogens is 1. The van der Waals surface area contributed by atoms with Gasteiger partial charge in [-0.05, 0) is 36.4 Å². The highest BCUT2D eigenvalue weighted by Crippen LogP contribution is 2.31. The lowest BCUT2D eigenvalue weighted by Gasteiger charge is -2.29. The molecule has 2 aromatic carbocycles. The fraction of sp³-hybridized carbons (Fsp3) is 0.200. The molecule has 4 N–H and O–H groups in total. The van der Waals surface area contributed by atoms with Crippen LogP contribution in [0.25, 0.3) is 0 Å². The van der Waals surface area contributed by atoms with Crippen molar-refractivity contribution in [3.63, 3.8) is 0 Å². The molecule has 1 saturated heterocycles. The zero-order valence-corrected chi connectivity index (χ0v) is 16.2. The lowest BCUT2D eigenvalue weighted by atomic mass is 10.1. The van der Waals surface area contributed by atoms with Gasteiger partial charge in [0.25, 0.3) is 0 Å². The molecule has 9 heteroatoms. The van der Waals surface area contributed by atoms with Crippen LogP contribution in [-0.4, -0.2) is 36.9 Å². The van der Waals surface area contributed by atoms with Gasteiger partial charge in [-0.3, -0.25) is 4.79 Å². The molecule has 0 saturated carbocycles. The van der Waals surface area contributed by atoms with E-state index in [1.54, 1.807) is 0 Å². The SMILES string of the molecule is Nc1nc(Nc2ccc(N3CCNCC3)cc2)sc1C(=O)c1c(F)cccc1F. The van der Waals surface area contributed by atoms with Gasteiger partial charge in [-0.25, -0.2) is 13.8 Å². The van der Waals surface area contributed by atoms with Crippen molar-refractivity contribution in [1.29, 1.82) is 0 Å². The molecule has 1 fully saturated rings. The third kappa shape index (κ3) is 4.06. The summed E-state index contributed by atoms with van der Waals surface area (Å²) in [6.07, 6.45) is 0. The van der Waals surface area contributed by atoms with Crippen LogP contribution in [0.5, 0.6) is 0 Å². The Morgan fingerprint density at radius 2 is 1.76 bits per heavy atom. The molecule has 0 amide bonds. The van der Waals surface area contributed by atoms with E-state index in [9.17, 15) is 13.6 Å². The fourth-order valence-corrected chi connectivity index (χ4v) is 4.03. The number of hydrogen-bond donors (Lipinski definition) is 3. The molecular formula is C20H19F2N5OS. The number of piperazine rings is 1. The van der Waals surface area contributed by atoms with E-state index in [4.69, 9.17) is 5.73 Å². The van der Waals surface area contributed by atoms with Crippen molar-refractivity contribution in [2.45, 2.75) is 0 Å². The number of nitrogens with zero attached hydrogens (tertiary/aromatic N) is 2. The van der Waals surface area contributed by atoms with Crippen LogP contribution in [0.3, 0.4) is 0 Å². The van der Waals surface area contributed by atoms with Crippen LogP contribution >= 0.6 is 11.3 Å². The molecule has 0 aliphatic carbocycles. The zero-order valence-electron chi connectivity index (χ0n) is 15.4. The predicted octanol–water partition coefficient (Wildman–Crippen LogP) is 3.39. The number of anilines is 4. The van der Waals surface area contributed by atoms with Gasteiger partial charge in [-0.1, -0.05) is 17.4 Å². The van der Waals surface area contributed by atoms with E-state index < -0.39 is 23.0 Å². The number of rotatable bonds is 5. The number of nitrogens with two attached hydrogens (primary N) is 1. The van der Waals surface area contributed by atoms with Gasteiger partial charge in [-0.15, -0.1) is 0 Å². The molecule has 1 aliphatic heterocycles. The summed E-state index contributed by atoms with van der Waals surface area (Å²) in [6.45, 7) is 3.82. The summed E-state index contributed by atoms with van der Waals surface area (Å²) in [7, 11) is 0. The highest BCUT2D eigenvalue weighted by molar-refractivity contribution is 7.18. The Balaban J connectivity index is 1.51. The lowest BCUT2D eigenvalue weighted by Crippen LogP contribution is -2.43. The average molecular weight is 415 g/mol. The number of thiazole rings is 1. The monoisotopic (exact) mass is 415 g/mol. The van der Waals surface area contributed by atoms with Crippen molar-refractivity contribution in [3.8, 4) is 0 Å². The standard InChI is InChI=1S/C20H19F2N5OS/c21-14-2-1-3-15(22)16(14)17(28)18-19(23)26-20(29-18)25-12-4-6-13(7-5-12)27-10-8-24-9-11-27/h1-7,24H,8-11,23H2,(H,25,26). The number of halogens is 2. The molecule has 0 bridgehead atoms. The molecule has 0 radical (unpaired) electrons. The van der Waals surface area contributed by atoms with Crippen LogP contribution < -0.4 is 21.3 Å². The van der Waals surface area contributed by atoms with Crippen molar-refractivity contribution >= 4 is 39.4 Å². The maximum absolute atomic E-state index is 13.9. The Bertz CT molecular complexity index is 1010. The summed E-state index contributed by atoms with van der Waals surface area (Å²) in [5.74, 6) is -2.75. The van der Waals surface area contributed by atoms with Crippen molar-refractivity contribution in [2.24, 2.45) is 0 Å². The molecule has 2 heterocycles. The Labute approximate surface area is 170 Å². The molecule has 150 valence electrons. The molecule has 29 heavy (non-hydrogen) atoms. The largest absolute Gasteiger partial charge is 0.382 e. The minimum atomic E-state index is -0.930. The highest BCUT2D eigenvalue weighted by atomic mass is 32.1. The van der Waals surface area contributed by atoms with E-state index in [1.165, 1.54) is 6.07 Å². The second-order valence-electron chi connectivity index (χ2n) is 6.57. The van der Waals surface area contributed by atoms with Gasteiger partial charge in [0.15, 0.2) is 5.13 Å². The van der Waals surface area contributed by atoms with Gasteiger partial charge in [0.05, 0.1) is 5.56 Å². The molecular weight excluding hydrogens is 396 g/mol. The maximum Gasteiger partial charge on any atom is 0.212 e. The van der Waals surface area contributed by atoms with Gasteiger partial charge >= 0.3 is 0 Å². The van der Waals surface area contributed by atoms with E-state index in [-0.39, 0.29) is 10.7 Å². The summed E-state index contributed by atoms with van der Waals surface area (Å²) in [5.41, 5.74) is 7.10. The quantitative estimate of drug-likeness (QED) is 0.554. The van der Waals surface area contributed by atoms with Gasteiger partial charge in [0.2, 0.25) is 5.78 Å². The smallest absolute Gasteiger partial charge is 0.212 e. The van der Waals surface area contributed by atoms with Crippen LogP contribution in [0.1, 0.15) is 15.2 Å². The van der Waals surface area contributed by atoms with Crippen LogP contribution in [0.15, 0.2) is 42.5 Å². The summed E-state index contributed by atoms with van der Waals surface area (Å²) in [5, 5.41) is 6.78. The number of ketones is 1. The average Bonchev–Trinajstić information content (AvgIpc) is 3.09. The minimum Gasteiger partial charge on any atom is -0.382 e. The molecule has 0 spiro atoms. The Hall–Kier alpha value is -3.04. The summed E-state index contributed by atoms with van der Waals surface area (Å²) >= 11 is 0.958. The first-order valence-corrected chi connectivity index (χ1v) is 9.92. The maximum atomic E-state index is 13.9. The van der Waals surface area contributed by atoms with Crippen LogP contribution in [0, 0.1) is 11.6 Å². The molecule has 4 rings (SSSR count). The molecule has 6 nitrogen and oxygen atoms in total. The summed E-state index contributed by atoms with van der Waals surface area (Å²) < 4.78 is 27.8. The number of carbonyl (C=O) groups excluding carboxylic acids is 1. The van der Waals surface area contributed by atoms with Gasteiger partial charge in [0.1, 0.15) is 22.3 Å². The molecule has 1 aromatic heterocycles. The van der Waals surface area contributed by atoms with Crippen LogP contribution in [0.2, 0.25) is 0 Å². The zero-order chi connectivity index (χ0) is 20.4. The minimum absolute atomic E-state index is 0.00561. The van der Waals surface area contributed by atoms with Crippen molar-refractivity contribution < 1.29 is 13.6 Å². The van der Waals surface area contributed by atoms with E-state index >= 15 is 0 Å². The third-order valence-electron chi connectivity index (χ3n) is 4.65. The number of benzene rings is 2. The van der Waals surface area contributed by atoms with Gasteiger partial charge < -0.3 is 21.3 Å². The molecule has 3 aromatic rings. The highest BCUT2D eigenvalue weighted by Gasteiger charge is 2.24. The first kappa shape index (κ1) is 19.3. The van der Waals surface area contributed by atoms with E-state index in [0.717, 1.165) is 61.0 Å². The number of nitrogen functional groups attached to an aromatic ring is 1. The van der Waals surface area contributed by atoms with E-state index in [2.05, 4.69) is 20.5 Å². The van der Waals surface area contributed by atoms with Crippen molar-refractivity contribution in [1.82, 2.24) is 10.3 Å². The second kappa shape index (κ2) is 8.14. The Kier molecular flexibility index (Phi) is 5.41.